The van der Waals surface area contributed by atoms with Crippen LogP contribution >= 0.6 is 0 Å². The van der Waals surface area contributed by atoms with E-state index in [9.17, 15) is 0 Å². The molecule has 2 heterocycles. The molecule has 0 fully saturated rings. The van der Waals surface area contributed by atoms with Crippen LogP contribution in [0, 0.1) is 20.0 Å². The van der Waals surface area contributed by atoms with E-state index >= 15 is 0 Å². The van der Waals surface area contributed by atoms with Crippen LogP contribution in [0.1, 0.15) is 11.1 Å². The van der Waals surface area contributed by atoms with E-state index in [1.54, 1.807) is 13.3 Å². The number of aromatic nitrogens is 3. The second-order valence-electron chi connectivity index (χ2n) is 3.45. The Morgan fingerprint density at radius 1 is 1.31 bits per heavy atom. The summed E-state index contributed by atoms with van der Waals surface area (Å²) in [5.41, 5.74) is 3.43. The lowest BCUT2D eigenvalue weighted by molar-refractivity contribution is 0.408. The summed E-state index contributed by atoms with van der Waals surface area (Å²) in [6, 6.07) is 1.82. The molecule has 0 aliphatic carbocycles. The first-order valence-corrected chi connectivity index (χ1v) is 4.93. The summed E-state index contributed by atoms with van der Waals surface area (Å²) in [6.07, 6.45) is 6.12. The number of aryl methyl sites for hydroxylation is 1. The first-order chi connectivity index (χ1) is 7.74. The van der Waals surface area contributed by atoms with Gasteiger partial charge >= 0.3 is 0 Å². The number of ether oxygens (including phenoxy) is 1. The Hall–Kier alpha value is -1.97. The van der Waals surface area contributed by atoms with Crippen LogP contribution in [0.4, 0.5) is 0 Å². The molecule has 0 saturated carbocycles. The normalized spacial score (nSPS) is 10.2. The number of methoxy groups -OCH3 is 1. The molecule has 0 aliphatic heterocycles. The zero-order valence-electron chi connectivity index (χ0n) is 9.48. The summed E-state index contributed by atoms with van der Waals surface area (Å²) in [5, 5.41) is 0. The van der Waals surface area contributed by atoms with Gasteiger partial charge in [0.2, 0.25) is 0 Å². The van der Waals surface area contributed by atoms with E-state index < -0.39 is 0 Å². The maximum atomic E-state index is 5.32. The molecule has 0 N–H and O–H groups in total. The Morgan fingerprint density at radius 3 is 2.75 bits per heavy atom. The van der Waals surface area contributed by atoms with E-state index in [0.717, 1.165) is 28.3 Å². The predicted molar refractivity (Wildman–Crippen MR) is 60.1 cm³/mol. The monoisotopic (exact) mass is 214 g/mol. The highest BCUT2D eigenvalue weighted by Crippen LogP contribution is 2.28. The van der Waals surface area contributed by atoms with Gasteiger partial charge in [-0.15, -0.1) is 0 Å². The fraction of sp³-hybridized carbons (Fsp3) is 0.250. The Morgan fingerprint density at radius 2 is 2.12 bits per heavy atom. The van der Waals surface area contributed by atoms with Gasteiger partial charge in [0.25, 0.3) is 0 Å². The van der Waals surface area contributed by atoms with Crippen molar-refractivity contribution in [1.82, 2.24) is 15.0 Å². The SMILES string of the molecule is COc1c(C)[c]nc(-c2ccncn2)c1C. The lowest BCUT2D eigenvalue weighted by Gasteiger charge is -2.10. The van der Waals surface area contributed by atoms with Crippen molar-refractivity contribution in [1.29, 1.82) is 0 Å². The van der Waals surface area contributed by atoms with Gasteiger partial charge in [-0.05, 0) is 19.9 Å². The van der Waals surface area contributed by atoms with Gasteiger partial charge in [-0.3, -0.25) is 0 Å². The van der Waals surface area contributed by atoms with Crippen LogP contribution in [0.25, 0.3) is 11.4 Å². The van der Waals surface area contributed by atoms with Gasteiger partial charge in [0.05, 0.1) is 24.7 Å². The first kappa shape index (κ1) is 10.5. The molecule has 4 nitrogen and oxygen atoms in total. The number of pyridine rings is 1. The van der Waals surface area contributed by atoms with Gasteiger partial charge in [0, 0.05) is 17.3 Å². The third kappa shape index (κ3) is 1.74. The lowest BCUT2D eigenvalue weighted by Crippen LogP contribution is -1.98. The highest BCUT2D eigenvalue weighted by atomic mass is 16.5. The molecule has 2 aromatic heterocycles. The Kier molecular flexibility index (Phi) is 2.81. The average molecular weight is 214 g/mol. The second kappa shape index (κ2) is 4.26. The molecule has 16 heavy (non-hydrogen) atoms. The van der Waals surface area contributed by atoms with Gasteiger partial charge in [-0.1, -0.05) is 0 Å². The highest BCUT2D eigenvalue weighted by Gasteiger charge is 2.11. The van der Waals surface area contributed by atoms with Crippen molar-refractivity contribution in [3.05, 3.63) is 35.9 Å². The maximum absolute atomic E-state index is 5.32. The minimum absolute atomic E-state index is 0.780. The van der Waals surface area contributed by atoms with Gasteiger partial charge in [-0.25, -0.2) is 15.0 Å². The quantitative estimate of drug-likeness (QED) is 0.766. The zero-order valence-corrected chi connectivity index (χ0v) is 9.48. The summed E-state index contributed by atoms with van der Waals surface area (Å²) >= 11 is 0. The molecular formula is C12H12N3O. The zero-order chi connectivity index (χ0) is 11.5. The van der Waals surface area contributed by atoms with Crippen molar-refractivity contribution >= 4 is 0 Å². The third-order valence-corrected chi connectivity index (χ3v) is 2.40. The van der Waals surface area contributed by atoms with E-state index in [1.807, 2.05) is 19.9 Å². The summed E-state index contributed by atoms with van der Waals surface area (Å²) in [4.78, 5) is 12.3. The molecule has 0 bridgehead atoms. The standard InChI is InChI=1S/C12H12N3O/c1-8-6-14-11(9(2)12(8)16-3)10-4-5-13-7-15-10/h4-5,7H,1-3H3. The van der Waals surface area contributed by atoms with Crippen LogP contribution in [0.3, 0.4) is 0 Å². The van der Waals surface area contributed by atoms with Crippen molar-refractivity contribution < 1.29 is 4.74 Å². The molecule has 0 aliphatic rings. The number of hydrogen-bond acceptors (Lipinski definition) is 4. The fourth-order valence-electron chi connectivity index (χ4n) is 1.65. The van der Waals surface area contributed by atoms with Crippen molar-refractivity contribution in [3.63, 3.8) is 0 Å². The molecule has 81 valence electrons. The summed E-state index contributed by atoms with van der Waals surface area (Å²) in [5.74, 6) is 0.809. The van der Waals surface area contributed by atoms with E-state index in [-0.39, 0.29) is 0 Å². The molecule has 2 aromatic rings. The average Bonchev–Trinajstić information content (AvgIpc) is 2.31. The molecule has 1 radical (unpaired) electrons. The summed E-state index contributed by atoms with van der Waals surface area (Å²) < 4.78 is 5.32. The molecular weight excluding hydrogens is 202 g/mol. The first-order valence-electron chi connectivity index (χ1n) is 4.93. The fourth-order valence-corrected chi connectivity index (χ4v) is 1.65. The second-order valence-corrected chi connectivity index (χ2v) is 3.45. The molecule has 0 saturated heterocycles. The number of nitrogens with zero attached hydrogens (tertiary/aromatic N) is 3. The van der Waals surface area contributed by atoms with Gasteiger partial charge in [0.15, 0.2) is 0 Å². The predicted octanol–water partition coefficient (Wildman–Crippen LogP) is 1.96. The van der Waals surface area contributed by atoms with Crippen LogP contribution in [0.5, 0.6) is 5.75 Å². The molecule has 0 unspecified atom stereocenters. The van der Waals surface area contributed by atoms with Crippen LogP contribution in [-0.2, 0) is 0 Å². The van der Waals surface area contributed by atoms with Gasteiger partial charge in [-0.2, -0.15) is 0 Å². The van der Waals surface area contributed by atoms with Crippen molar-refractivity contribution in [3.8, 4) is 17.1 Å². The van der Waals surface area contributed by atoms with Gasteiger partial charge in [0.1, 0.15) is 12.1 Å². The van der Waals surface area contributed by atoms with Crippen LogP contribution in [0.2, 0.25) is 0 Å². The van der Waals surface area contributed by atoms with Crippen LogP contribution < -0.4 is 4.74 Å². The van der Waals surface area contributed by atoms with Crippen LogP contribution in [-0.4, -0.2) is 22.1 Å². The minimum Gasteiger partial charge on any atom is -0.496 e. The van der Waals surface area contributed by atoms with E-state index in [4.69, 9.17) is 4.74 Å². The molecule has 2 rings (SSSR count). The van der Waals surface area contributed by atoms with Crippen LogP contribution in [0.15, 0.2) is 18.6 Å². The smallest absolute Gasteiger partial charge is 0.129 e. The largest absolute Gasteiger partial charge is 0.496 e. The molecule has 0 amide bonds. The number of hydrogen-bond donors (Lipinski definition) is 0. The van der Waals surface area contributed by atoms with Crippen molar-refractivity contribution in [2.75, 3.05) is 7.11 Å². The molecule has 0 atom stereocenters. The molecule has 0 spiro atoms. The van der Waals surface area contributed by atoms with Crippen molar-refractivity contribution in [2.45, 2.75) is 13.8 Å². The lowest BCUT2D eigenvalue weighted by atomic mass is 10.1. The van der Waals surface area contributed by atoms with E-state index in [0.29, 0.717) is 0 Å². The third-order valence-electron chi connectivity index (χ3n) is 2.40. The van der Waals surface area contributed by atoms with E-state index in [2.05, 4.69) is 21.1 Å². The summed E-state index contributed by atoms with van der Waals surface area (Å²) in [6.45, 7) is 3.88. The molecule has 4 heteroatoms. The minimum atomic E-state index is 0.780. The van der Waals surface area contributed by atoms with E-state index in [1.165, 1.54) is 6.33 Å². The highest BCUT2D eigenvalue weighted by molar-refractivity contribution is 5.62. The van der Waals surface area contributed by atoms with Crippen molar-refractivity contribution in [2.24, 2.45) is 0 Å². The Bertz CT molecular complexity index is 497. The Balaban J connectivity index is 2.59. The maximum Gasteiger partial charge on any atom is 0.129 e. The summed E-state index contributed by atoms with van der Waals surface area (Å²) in [7, 11) is 1.65. The molecule has 0 aromatic carbocycles. The topological polar surface area (TPSA) is 47.9 Å². The Labute approximate surface area is 94.4 Å². The van der Waals surface area contributed by atoms with Gasteiger partial charge < -0.3 is 4.74 Å². The number of rotatable bonds is 2.